The summed E-state index contributed by atoms with van der Waals surface area (Å²) in [6, 6.07) is 9.58. The molecule has 5 nitrogen and oxygen atoms in total. The van der Waals surface area contributed by atoms with E-state index in [2.05, 4.69) is 0 Å². The van der Waals surface area contributed by atoms with E-state index in [9.17, 15) is 0 Å². The summed E-state index contributed by atoms with van der Waals surface area (Å²) in [5.74, 6) is -1.02. The number of rotatable bonds is 8. The van der Waals surface area contributed by atoms with Crippen LogP contribution in [0.2, 0.25) is 0 Å². The van der Waals surface area contributed by atoms with Crippen molar-refractivity contribution in [3.05, 3.63) is 35.9 Å². The van der Waals surface area contributed by atoms with Crippen molar-refractivity contribution in [1.29, 1.82) is 10.8 Å². The molecular formula is C17H18Cl6N2O3. The molecule has 0 aliphatic heterocycles. The van der Waals surface area contributed by atoms with Crippen molar-refractivity contribution in [3.63, 3.8) is 0 Å². The number of nitrogens with one attached hydrogen (secondary N) is 2. The molecule has 0 spiro atoms. The lowest BCUT2D eigenvalue weighted by atomic mass is 10.0. The van der Waals surface area contributed by atoms with Gasteiger partial charge in [-0.05, 0) is 18.4 Å². The minimum absolute atomic E-state index is 0.0479. The summed E-state index contributed by atoms with van der Waals surface area (Å²) in [6.07, 6.45) is 0.765. The number of halogens is 6. The van der Waals surface area contributed by atoms with Crippen molar-refractivity contribution in [2.45, 2.75) is 33.1 Å². The molecule has 0 heterocycles. The quantitative estimate of drug-likeness (QED) is 0.253. The highest BCUT2D eigenvalue weighted by atomic mass is 35.6. The van der Waals surface area contributed by atoms with Gasteiger partial charge in [-0.25, -0.2) is 0 Å². The highest BCUT2D eigenvalue weighted by Crippen LogP contribution is 2.51. The summed E-state index contributed by atoms with van der Waals surface area (Å²) in [4.78, 5) is 0. The molecular weight excluding hydrogens is 493 g/mol. The molecule has 2 N–H and O–H groups in total. The molecule has 1 unspecified atom stereocenters. The number of hydrogen-bond acceptors (Lipinski definition) is 5. The fourth-order valence-corrected chi connectivity index (χ4v) is 2.72. The summed E-state index contributed by atoms with van der Waals surface area (Å²) < 4.78 is 12.7. The predicted octanol–water partition coefficient (Wildman–Crippen LogP) is 6.08. The van der Waals surface area contributed by atoms with Gasteiger partial charge in [0.1, 0.15) is 6.10 Å². The van der Waals surface area contributed by atoms with Crippen LogP contribution in [0.5, 0.6) is 0 Å². The van der Waals surface area contributed by atoms with Crippen LogP contribution in [0, 0.1) is 16.2 Å². The van der Waals surface area contributed by atoms with Crippen LogP contribution in [0.25, 0.3) is 0 Å². The summed E-state index contributed by atoms with van der Waals surface area (Å²) >= 11 is 34.2. The van der Waals surface area contributed by atoms with Gasteiger partial charge in [0, 0.05) is 5.41 Å². The molecule has 28 heavy (non-hydrogen) atoms. The lowest BCUT2D eigenvalue weighted by Gasteiger charge is -2.29. The normalized spacial score (nSPS) is 16.9. The summed E-state index contributed by atoms with van der Waals surface area (Å²) in [5.41, 5.74) is 0.443. The Balaban J connectivity index is 2.02. The maximum absolute atomic E-state index is 7.87. The fourth-order valence-electron chi connectivity index (χ4n) is 2.42. The van der Waals surface area contributed by atoms with Gasteiger partial charge in [-0.15, -0.1) is 0 Å². The topological polar surface area (TPSA) is 75.4 Å². The second-order valence-corrected chi connectivity index (χ2v) is 11.0. The van der Waals surface area contributed by atoms with Crippen LogP contribution in [0.4, 0.5) is 0 Å². The molecule has 0 radical (unpaired) electrons. The van der Waals surface area contributed by atoms with E-state index >= 15 is 0 Å². The van der Waals surface area contributed by atoms with Crippen LogP contribution >= 0.6 is 69.6 Å². The first-order chi connectivity index (χ1) is 12.9. The van der Waals surface area contributed by atoms with Crippen LogP contribution in [0.1, 0.15) is 18.4 Å². The average molecular weight is 511 g/mol. The zero-order valence-electron chi connectivity index (χ0n) is 14.5. The first-order valence-corrected chi connectivity index (χ1v) is 10.4. The van der Waals surface area contributed by atoms with Gasteiger partial charge in [-0.3, -0.25) is 10.8 Å². The first kappa shape index (κ1) is 24.1. The van der Waals surface area contributed by atoms with Crippen LogP contribution in [-0.4, -0.2) is 38.7 Å². The van der Waals surface area contributed by atoms with Gasteiger partial charge in [0.05, 0.1) is 19.8 Å². The molecule has 0 aromatic heterocycles. The second kappa shape index (κ2) is 9.78. The third-order valence-corrected chi connectivity index (χ3v) is 5.26. The third-order valence-electron chi connectivity index (χ3n) is 4.24. The lowest BCUT2D eigenvalue weighted by molar-refractivity contribution is -0.0185. The Hall–Kier alpha value is -0.140. The van der Waals surface area contributed by atoms with E-state index in [1.165, 1.54) is 0 Å². The van der Waals surface area contributed by atoms with Gasteiger partial charge in [0.2, 0.25) is 11.8 Å². The van der Waals surface area contributed by atoms with Gasteiger partial charge in [0.25, 0.3) is 7.59 Å². The largest absolute Gasteiger partial charge is 0.477 e. The molecule has 1 saturated carbocycles. The SMILES string of the molecule is N=C(OCC1(C(COCc2ccccc2)OC(=N)C(Cl)(Cl)Cl)CC1)C(Cl)(Cl)Cl. The number of alkyl halides is 6. The molecule has 2 rings (SSSR count). The molecule has 1 aliphatic carbocycles. The lowest BCUT2D eigenvalue weighted by Crippen LogP contribution is -2.39. The minimum atomic E-state index is -2.00. The van der Waals surface area contributed by atoms with Crippen molar-refractivity contribution in [2.75, 3.05) is 13.2 Å². The van der Waals surface area contributed by atoms with Crippen LogP contribution in [-0.2, 0) is 20.8 Å². The Bertz CT molecular complexity index is 686. The van der Waals surface area contributed by atoms with Crippen molar-refractivity contribution in [1.82, 2.24) is 0 Å². The second-order valence-electron chi connectivity index (χ2n) is 6.41. The molecule has 1 atom stereocenters. The summed E-state index contributed by atoms with van der Waals surface area (Å²) in [5, 5.41) is 15.6. The number of benzene rings is 1. The van der Waals surface area contributed by atoms with Crippen molar-refractivity contribution in [3.8, 4) is 0 Å². The highest BCUT2D eigenvalue weighted by molar-refractivity contribution is 6.76. The molecule has 11 heteroatoms. The van der Waals surface area contributed by atoms with E-state index in [4.69, 9.17) is 94.6 Å². The number of hydrogen-bond donors (Lipinski definition) is 2. The van der Waals surface area contributed by atoms with Gasteiger partial charge >= 0.3 is 0 Å². The maximum atomic E-state index is 7.87. The van der Waals surface area contributed by atoms with E-state index in [1.54, 1.807) is 0 Å². The van der Waals surface area contributed by atoms with E-state index in [1.807, 2.05) is 30.3 Å². The molecule has 1 aromatic carbocycles. The average Bonchev–Trinajstić information content (AvgIpc) is 3.39. The van der Waals surface area contributed by atoms with E-state index < -0.39 is 30.9 Å². The third kappa shape index (κ3) is 7.28. The van der Waals surface area contributed by atoms with Gasteiger partial charge in [0.15, 0.2) is 0 Å². The number of ether oxygens (including phenoxy) is 3. The summed E-state index contributed by atoms with van der Waals surface area (Å²) in [6.45, 7) is 0.525. The smallest absolute Gasteiger partial charge is 0.265 e. The van der Waals surface area contributed by atoms with Crippen molar-refractivity contribution >= 4 is 81.4 Å². The Kier molecular flexibility index (Phi) is 8.43. The van der Waals surface area contributed by atoms with Gasteiger partial charge in [-0.1, -0.05) is 99.9 Å². The van der Waals surface area contributed by atoms with Crippen molar-refractivity contribution < 1.29 is 14.2 Å². The van der Waals surface area contributed by atoms with Crippen LogP contribution in [0.3, 0.4) is 0 Å². The Morgan fingerprint density at radius 3 is 2.04 bits per heavy atom. The highest BCUT2D eigenvalue weighted by Gasteiger charge is 2.53. The molecule has 0 amide bonds. The fraction of sp³-hybridized carbons (Fsp3) is 0.529. The molecule has 1 fully saturated rings. The Morgan fingerprint density at radius 2 is 1.54 bits per heavy atom. The Labute approximate surface area is 193 Å². The zero-order valence-corrected chi connectivity index (χ0v) is 19.0. The van der Waals surface area contributed by atoms with Crippen LogP contribution < -0.4 is 0 Å². The summed E-state index contributed by atoms with van der Waals surface area (Å²) in [7, 11) is 0. The first-order valence-electron chi connectivity index (χ1n) is 8.17. The van der Waals surface area contributed by atoms with E-state index in [0.29, 0.717) is 19.4 Å². The molecule has 156 valence electrons. The van der Waals surface area contributed by atoms with E-state index in [0.717, 1.165) is 5.56 Å². The Morgan fingerprint density at radius 1 is 0.964 bits per heavy atom. The maximum Gasteiger partial charge on any atom is 0.265 e. The van der Waals surface area contributed by atoms with Crippen LogP contribution in [0.15, 0.2) is 30.3 Å². The zero-order chi connectivity index (χ0) is 21.0. The molecule has 1 aromatic rings. The van der Waals surface area contributed by atoms with E-state index in [-0.39, 0.29) is 13.2 Å². The monoisotopic (exact) mass is 508 g/mol. The standard InChI is InChI=1S/C17H18Cl6N2O3/c18-16(19,20)13(24)27-10-15(6-7-15)12(28-14(25)17(21,22)23)9-26-8-11-4-2-1-3-5-11/h1-5,12,24-25H,6-10H2. The molecule has 0 saturated heterocycles. The minimum Gasteiger partial charge on any atom is -0.477 e. The van der Waals surface area contributed by atoms with Crippen molar-refractivity contribution in [2.24, 2.45) is 5.41 Å². The molecule has 0 bridgehead atoms. The van der Waals surface area contributed by atoms with Gasteiger partial charge < -0.3 is 14.2 Å². The van der Waals surface area contributed by atoms with Gasteiger partial charge in [-0.2, -0.15) is 0 Å². The predicted molar refractivity (Wildman–Crippen MR) is 115 cm³/mol. The molecule has 1 aliphatic rings.